The molecular formula is C9H19N2O4P. The van der Waals surface area contributed by atoms with Crippen LogP contribution in [0, 0.1) is 0 Å². The molecule has 0 saturated heterocycles. The van der Waals surface area contributed by atoms with Crippen LogP contribution >= 0.6 is 7.94 Å². The molecule has 0 spiro atoms. The number of hydrogen-bond donors (Lipinski definition) is 3. The van der Waals surface area contributed by atoms with Gasteiger partial charge in [0.2, 0.25) is 6.04 Å². The van der Waals surface area contributed by atoms with Crippen molar-refractivity contribution in [2.24, 2.45) is 10.5 Å². The Balaban J connectivity index is 3.81. The van der Waals surface area contributed by atoms with Gasteiger partial charge >= 0.3 is 5.97 Å². The number of carboxylic acid groups (broad SMARTS) is 1. The Hall–Kier alpha value is -0.550. The molecule has 0 bridgehead atoms. The SMILES string of the molecule is NCCCCCC[P+]([O-])=N[C@@H](CO)C(=O)O. The van der Waals surface area contributed by atoms with Gasteiger partial charge < -0.3 is 20.8 Å². The molecule has 7 heteroatoms. The molecule has 0 aromatic heterocycles. The third-order valence-electron chi connectivity index (χ3n) is 2.03. The van der Waals surface area contributed by atoms with Crippen LogP contribution in [0.5, 0.6) is 0 Å². The van der Waals surface area contributed by atoms with Gasteiger partial charge in [0.1, 0.15) is 6.16 Å². The van der Waals surface area contributed by atoms with Gasteiger partial charge in [-0.2, -0.15) is 0 Å². The molecule has 16 heavy (non-hydrogen) atoms. The lowest BCUT2D eigenvalue weighted by molar-refractivity contribution is -0.157. The molecule has 0 aliphatic heterocycles. The van der Waals surface area contributed by atoms with Crippen molar-refractivity contribution >= 4 is 13.9 Å². The van der Waals surface area contributed by atoms with E-state index in [2.05, 4.69) is 4.74 Å². The van der Waals surface area contributed by atoms with E-state index >= 15 is 0 Å². The molecule has 0 aliphatic rings. The zero-order valence-corrected chi connectivity index (χ0v) is 10.1. The van der Waals surface area contributed by atoms with E-state index in [4.69, 9.17) is 15.9 Å². The zero-order chi connectivity index (χ0) is 12.4. The molecule has 94 valence electrons. The first-order valence-corrected chi connectivity index (χ1v) is 6.70. The molecule has 0 aliphatic carbocycles. The Morgan fingerprint density at radius 2 is 2.00 bits per heavy atom. The van der Waals surface area contributed by atoms with Crippen LogP contribution in [0.2, 0.25) is 0 Å². The Labute approximate surface area is 96.0 Å². The highest BCUT2D eigenvalue weighted by atomic mass is 31.1. The topological polar surface area (TPSA) is 119 Å². The Kier molecular flexibility index (Phi) is 9.33. The summed E-state index contributed by atoms with van der Waals surface area (Å²) in [5, 5.41) is 17.2. The second kappa shape index (κ2) is 9.66. The summed E-state index contributed by atoms with van der Waals surface area (Å²) in [4.78, 5) is 21.8. The van der Waals surface area contributed by atoms with Gasteiger partial charge in [-0.15, -0.1) is 0 Å². The minimum absolute atomic E-state index is 0.379. The van der Waals surface area contributed by atoms with E-state index in [1.165, 1.54) is 0 Å². The van der Waals surface area contributed by atoms with Crippen molar-refractivity contribution in [2.75, 3.05) is 19.3 Å². The monoisotopic (exact) mass is 250 g/mol. The molecule has 0 rings (SSSR count). The van der Waals surface area contributed by atoms with E-state index in [0.29, 0.717) is 12.7 Å². The van der Waals surface area contributed by atoms with Crippen molar-refractivity contribution in [3.05, 3.63) is 0 Å². The van der Waals surface area contributed by atoms with Gasteiger partial charge in [-0.25, -0.2) is 4.79 Å². The molecule has 0 radical (unpaired) electrons. The van der Waals surface area contributed by atoms with Crippen molar-refractivity contribution in [1.82, 2.24) is 0 Å². The lowest BCUT2D eigenvalue weighted by atomic mass is 10.2. The molecule has 6 nitrogen and oxygen atoms in total. The summed E-state index contributed by atoms with van der Waals surface area (Å²) in [5.41, 5.74) is 5.32. The van der Waals surface area contributed by atoms with Crippen LogP contribution in [0.25, 0.3) is 0 Å². The van der Waals surface area contributed by atoms with Crippen LogP contribution < -0.4 is 10.6 Å². The summed E-state index contributed by atoms with van der Waals surface area (Å²) in [5.74, 6) is -1.24. The van der Waals surface area contributed by atoms with Crippen molar-refractivity contribution < 1.29 is 19.9 Å². The molecule has 0 amide bonds. The largest absolute Gasteiger partial charge is 0.612 e. The number of carbonyl (C=O) groups is 1. The van der Waals surface area contributed by atoms with Gasteiger partial charge in [0.25, 0.3) is 0 Å². The van der Waals surface area contributed by atoms with Crippen LogP contribution in [0.3, 0.4) is 0 Å². The first-order chi connectivity index (χ1) is 7.61. The van der Waals surface area contributed by atoms with Crippen LogP contribution in [0.1, 0.15) is 25.7 Å². The highest BCUT2D eigenvalue weighted by molar-refractivity contribution is 7.39. The maximum atomic E-state index is 11.3. The molecular weight excluding hydrogens is 231 g/mol. The third kappa shape index (κ3) is 7.70. The lowest BCUT2D eigenvalue weighted by Crippen LogP contribution is -2.21. The average Bonchev–Trinajstić information content (AvgIpc) is 2.25. The highest BCUT2D eigenvalue weighted by Gasteiger charge is 2.18. The first kappa shape index (κ1) is 15.4. The average molecular weight is 250 g/mol. The normalized spacial score (nSPS) is 13.8. The van der Waals surface area contributed by atoms with E-state index in [-0.39, 0.29) is 0 Å². The number of aliphatic hydroxyl groups is 1. The van der Waals surface area contributed by atoms with Gasteiger partial charge in [0.05, 0.1) is 6.61 Å². The Bertz CT molecular complexity index is 236. The zero-order valence-electron chi connectivity index (χ0n) is 9.21. The number of unbranched alkanes of at least 4 members (excludes halogenated alkanes) is 3. The smallest absolute Gasteiger partial charge is 0.335 e. The fourth-order valence-corrected chi connectivity index (χ4v) is 2.21. The van der Waals surface area contributed by atoms with E-state index in [0.717, 1.165) is 25.7 Å². The minimum Gasteiger partial charge on any atom is -0.612 e. The summed E-state index contributed by atoms with van der Waals surface area (Å²) in [6, 6.07) is -1.26. The molecule has 0 heterocycles. The van der Waals surface area contributed by atoms with Crippen LogP contribution in [0.4, 0.5) is 0 Å². The summed E-state index contributed by atoms with van der Waals surface area (Å²) < 4.78 is 3.55. The number of rotatable bonds is 9. The van der Waals surface area contributed by atoms with Crippen molar-refractivity contribution in [2.45, 2.75) is 31.7 Å². The number of aliphatic hydroxyl groups excluding tert-OH is 1. The molecule has 0 aromatic carbocycles. The second-order valence-corrected chi connectivity index (χ2v) is 4.81. The summed E-state index contributed by atoms with van der Waals surface area (Å²) in [6.07, 6.45) is 3.98. The summed E-state index contributed by atoms with van der Waals surface area (Å²) in [7, 11) is -1.88. The molecule has 1 unspecified atom stereocenters. The Morgan fingerprint density at radius 1 is 1.38 bits per heavy atom. The van der Waals surface area contributed by atoms with Crippen molar-refractivity contribution in [3.8, 4) is 0 Å². The van der Waals surface area contributed by atoms with Gasteiger partial charge in [0.15, 0.2) is 7.94 Å². The maximum Gasteiger partial charge on any atom is 0.335 e. The van der Waals surface area contributed by atoms with Crippen LogP contribution in [-0.4, -0.2) is 41.5 Å². The Morgan fingerprint density at radius 3 is 2.50 bits per heavy atom. The molecule has 2 atom stereocenters. The van der Waals surface area contributed by atoms with Gasteiger partial charge in [-0.05, 0) is 25.8 Å². The van der Waals surface area contributed by atoms with E-state index < -0.39 is 26.6 Å². The standard InChI is InChI=1S/C9H19N2O4P/c10-5-3-1-2-4-6-16(15)11-8(7-12)9(13)14/h8,12H,1-7,10H2,(H,13,14)/t8-/m0/s1. The quantitative estimate of drug-likeness (QED) is 0.389. The second-order valence-electron chi connectivity index (χ2n) is 3.43. The third-order valence-corrected chi connectivity index (χ3v) is 3.26. The fourth-order valence-electron chi connectivity index (χ4n) is 1.12. The van der Waals surface area contributed by atoms with E-state index in [1.807, 2.05) is 0 Å². The highest BCUT2D eigenvalue weighted by Crippen LogP contribution is 2.19. The number of hydrogen-bond acceptors (Lipinski definition) is 5. The predicted molar refractivity (Wildman–Crippen MR) is 60.2 cm³/mol. The number of aliphatic carboxylic acids is 1. The fraction of sp³-hybridized carbons (Fsp3) is 0.889. The van der Waals surface area contributed by atoms with E-state index in [9.17, 15) is 9.69 Å². The van der Waals surface area contributed by atoms with Crippen LogP contribution in [-0.2, 0) is 4.79 Å². The predicted octanol–water partition coefficient (Wildman–Crippen LogP) is -0.108. The van der Waals surface area contributed by atoms with Crippen molar-refractivity contribution in [3.63, 3.8) is 0 Å². The molecule has 0 fully saturated rings. The maximum absolute atomic E-state index is 11.3. The number of nitrogens with zero attached hydrogens (tertiary/aromatic N) is 1. The van der Waals surface area contributed by atoms with Gasteiger partial charge in [-0.1, -0.05) is 11.2 Å². The number of carboxylic acids is 1. The van der Waals surface area contributed by atoms with Gasteiger partial charge in [0, 0.05) is 0 Å². The first-order valence-electron chi connectivity index (χ1n) is 5.31. The lowest BCUT2D eigenvalue weighted by Gasteiger charge is -2.02. The summed E-state index contributed by atoms with van der Waals surface area (Å²) >= 11 is 0. The number of nitrogens with two attached hydrogens (primary N) is 1. The van der Waals surface area contributed by atoms with Crippen LogP contribution in [0.15, 0.2) is 4.74 Å². The van der Waals surface area contributed by atoms with E-state index in [1.54, 1.807) is 0 Å². The summed E-state index contributed by atoms with van der Waals surface area (Å²) in [6.45, 7) is 0.0473. The van der Waals surface area contributed by atoms with Gasteiger partial charge in [-0.3, -0.25) is 0 Å². The van der Waals surface area contributed by atoms with Crippen molar-refractivity contribution in [1.29, 1.82) is 0 Å². The molecule has 0 aromatic rings. The molecule has 4 N–H and O–H groups in total. The minimum atomic E-state index is -1.88. The molecule has 0 saturated carbocycles.